The third kappa shape index (κ3) is 5.07. The fourth-order valence-corrected chi connectivity index (χ4v) is 2.61. The standard InChI is InChI=1S/C15H23N3OS/c1-13(14-5-3-2-4-6-14)17-15(20)16-7-8-18-9-11-19-12-10-18/h2-6,13H,7-12H2,1H3,(H2,16,17,20)/p+1/t13-/m0/s1. The van der Waals surface area contributed by atoms with Crippen LogP contribution in [0.25, 0.3) is 0 Å². The molecule has 1 atom stereocenters. The maximum Gasteiger partial charge on any atom is 0.166 e. The molecule has 20 heavy (non-hydrogen) atoms. The molecule has 3 N–H and O–H groups in total. The average Bonchev–Trinajstić information content (AvgIpc) is 2.49. The summed E-state index contributed by atoms with van der Waals surface area (Å²) in [6, 6.07) is 10.6. The molecular formula is C15H24N3OS+. The van der Waals surface area contributed by atoms with Crippen molar-refractivity contribution in [1.29, 1.82) is 0 Å². The van der Waals surface area contributed by atoms with E-state index in [1.54, 1.807) is 4.90 Å². The highest BCUT2D eigenvalue weighted by Crippen LogP contribution is 2.10. The second kappa shape index (κ2) is 8.19. The molecule has 1 aromatic carbocycles. The number of benzene rings is 1. The molecule has 1 fully saturated rings. The molecule has 0 spiro atoms. The summed E-state index contributed by atoms with van der Waals surface area (Å²) in [6.07, 6.45) is 0. The van der Waals surface area contributed by atoms with Crippen molar-refractivity contribution in [2.24, 2.45) is 0 Å². The molecule has 0 unspecified atom stereocenters. The summed E-state index contributed by atoms with van der Waals surface area (Å²) in [5, 5.41) is 7.34. The molecule has 0 radical (unpaired) electrons. The number of morpholine rings is 1. The van der Waals surface area contributed by atoms with Gasteiger partial charge in [0.1, 0.15) is 13.1 Å². The number of nitrogens with one attached hydrogen (secondary N) is 3. The van der Waals surface area contributed by atoms with E-state index in [1.165, 1.54) is 5.56 Å². The lowest BCUT2D eigenvalue weighted by Crippen LogP contribution is -3.14. The molecule has 1 heterocycles. The van der Waals surface area contributed by atoms with E-state index < -0.39 is 0 Å². The van der Waals surface area contributed by atoms with Gasteiger partial charge in [0, 0.05) is 0 Å². The molecule has 0 bridgehead atoms. The average molecular weight is 294 g/mol. The SMILES string of the molecule is C[C@H](NC(=S)NCC[NH+]1CCOCC1)c1ccccc1. The van der Waals surface area contributed by atoms with Gasteiger partial charge in [0.15, 0.2) is 5.11 Å². The van der Waals surface area contributed by atoms with Gasteiger partial charge in [-0.3, -0.25) is 0 Å². The van der Waals surface area contributed by atoms with Crippen molar-refractivity contribution in [2.75, 3.05) is 39.4 Å². The van der Waals surface area contributed by atoms with Gasteiger partial charge in [-0.2, -0.15) is 0 Å². The first-order valence-electron chi connectivity index (χ1n) is 7.26. The van der Waals surface area contributed by atoms with Crippen LogP contribution >= 0.6 is 12.2 Å². The number of hydrogen-bond acceptors (Lipinski definition) is 2. The predicted molar refractivity (Wildman–Crippen MR) is 85.0 cm³/mol. The third-order valence-electron chi connectivity index (χ3n) is 3.61. The highest BCUT2D eigenvalue weighted by Gasteiger charge is 2.13. The van der Waals surface area contributed by atoms with Gasteiger partial charge in [0.25, 0.3) is 0 Å². The minimum Gasteiger partial charge on any atom is -0.370 e. The Morgan fingerprint density at radius 3 is 2.70 bits per heavy atom. The van der Waals surface area contributed by atoms with Gasteiger partial charge < -0.3 is 20.3 Å². The Hall–Kier alpha value is -1.17. The van der Waals surface area contributed by atoms with Crippen LogP contribution in [0, 0.1) is 0 Å². The molecular weight excluding hydrogens is 270 g/mol. The van der Waals surface area contributed by atoms with Crippen LogP contribution in [0.15, 0.2) is 30.3 Å². The van der Waals surface area contributed by atoms with E-state index >= 15 is 0 Å². The lowest BCUT2D eigenvalue weighted by atomic mass is 10.1. The summed E-state index contributed by atoms with van der Waals surface area (Å²) in [5.74, 6) is 0. The van der Waals surface area contributed by atoms with Crippen molar-refractivity contribution < 1.29 is 9.64 Å². The number of quaternary nitrogens is 1. The predicted octanol–water partition coefficient (Wildman–Crippen LogP) is 0.127. The lowest BCUT2D eigenvalue weighted by molar-refractivity contribution is -0.906. The molecule has 1 aliphatic heterocycles. The van der Waals surface area contributed by atoms with E-state index in [1.807, 2.05) is 18.2 Å². The van der Waals surface area contributed by atoms with Gasteiger partial charge in [0.05, 0.1) is 32.3 Å². The summed E-state index contributed by atoms with van der Waals surface area (Å²) in [6.45, 7) is 8.07. The van der Waals surface area contributed by atoms with Crippen LogP contribution < -0.4 is 15.5 Å². The maximum atomic E-state index is 5.35. The normalized spacial score (nSPS) is 17.4. The van der Waals surface area contributed by atoms with Gasteiger partial charge in [-0.1, -0.05) is 30.3 Å². The zero-order chi connectivity index (χ0) is 14.2. The van der Waals surface area contributed by atoms with Crippen LogP contribution in [0.2, 0.25) is 0 Å². The first kappa shape index (κ1) is 15.2. The molecule has 1 aliphatic rings. The molecule has 4 nitrogen and oxygen atoms in total. The first-order chi connectivity index (χ1) is 9.75. The topological polar surface area (TPSA) is 37.7 Å². The van der Waals surface area contributed by atoms with Crippen LogP contribution in [-0.2, 0) is 4.74 Å². The van der Waals surface area contributed by atoms with Crippen molar-refractivity contribution in [3.05, 3.63) is 35.9 Å². The second-order valence-corrected chi connectivity index (χ2v) is 5.55. The Labute approximate surface area is 126 Å². The summed E-state index contributed by atoms with van der Waals surface area (Å²) in [7, 11) is 0. The van der Waals surface area contributed by atoms with Gasteiger partial charge in [-0.25, -0.2) is 0 Å². The van der Waals surface area contributed by atoms with Crippen molar-refractivity contribution in [3.63, 3.8) is 0 Å². The molecule has 0 aromatic heterocycles. The van der Waals surface area contributed by atoms with E-state index in [0.717, 1.165) is 44.5 Å². The van der Waals surface area contributed by atoms with Gasteiger partial charge in [-0.15, -0.1) is 0 Å². The highest BCUT2D eigenvalue weighted by molar-refractivity contribution is 7.80. The van der Waals surface area contributed by atoms with E-state index in [0.29, 0.717) is 0 Å². The molecule has 1 aromatic rings. The number of thiocarbonyl (C=S) groups is 1. The molecule has 0 saturated carbocycles. The molecule has 0 aliphatic carbocycles. The third-order valence-corrected chi connectivity index (χ3v) is 3.87. The van der Waals surface area contributed by atoms with E-state index in [2.05, 4.69) is 29.7 Å². The van der Waals surface area contributed by atoms with Crippen molar-refractivity contribution in [1.82, 2.24) is 10.6 Å². The van der Waals surface area contributed by atoms with E-state index in [9.17, 15) is 0 Å². The minimum atomic E-state index is 0.229. The Balaban J connectivity index is 1.65. The fourth-order valence-electron chi connectivity index (χ4n) is 2.34. The van der Waals surface area contributed by atoms with Gasteiger partial charge in [-0.05, 0) is 24.7 Å². The van der Waals surface area contributed by atoms with E-state index in [-0.39, 0.29) is 6.04 Å². The molecule has 2 rings (SSSR count). The molecule has 1 saturated heterocycles. The van der Waals surface area contributed by atoms with Crippen LogP contribution in [0.4, 0.5) is 0 Å². The first-order valence-corrected chi connectivity index (χ1v) is 7.67. The van der Waals surface area contributed by atoms with Gasteiger partial charge >= 0.3 is 0 Å². The van der Waals surface area contributed by atoms with Crippen LogP contribution in [0.5, 0.6) is 0 Å². The Morgan fingerprint density at radius 2 is 2.00 bits per heavy atom. The number of hydrogen-bond donors (Lipinski definition) is 3. The highest BCUT2D eigenvalue weighted by atomic mass is 32.1. The zero-order valence-corrected chi connectivity index (χ0v) is 12.8. The Kier molecular flexibility index (Phi) is 6.24. The summed E-state index contributed by atoms with van der Waals surface area (Å²) in [4.78, 5) is 1.59. The maximum absolute atomic E-state index is 5.35. The Bertz CT molecular complexity index is 407. The van der Waals surface area contributed by atoms with Crippen molar-refractivity contribution >= 4 is 17.3 Å². The smallest absolute Gasteiger partial charge is 0.166 e. The molecule has 5 heteroatoms. The second-order valence-electron chi connectivity index (χ2n) is 5.14. The largest absolute Gasteiger partial charge is 0.370 e. The van der Waals surface area contributed by atoms with Crippen LogP contribution in [0.3, 0.4) is 0 Å². The monoisotopic (exact) mass is 294 g/mol. The quantitative estimate of drug-likeness (QED) is 0.675. The van der Waals surface area contributed by atoms with Crippen LogP contribution in [-0.4, -0.2) is 44.5 Å². The lowest BCUT2D eigenvalue weighted by Gasteiger charge is -2.24. The summed E-state index contributed by atoms with van der Waals surface area (Å²) >= 11 is 5.34. The summed E-state index contributed by atoms with van der Waals surface area (Å²) in [5.41, 5.74) is 1.25. The fraction of sp³-hybridized carbons (Fsp3) is 0.533. The molecule has 0 amide bonds. The zero-order valence-electron chi connectivity index (χ0n) is 12.0. The minimum absolute atomic E-state index is 0.229. The van der Waals surface area contributed by atoms with Gasteiger partial charge in [0.2, 0.25) is 0 Å². The number of ether oxygens (including phenoxy) is 1. The summed E-state index contributed by atoms with van der Waals surface area (Å²) < 4.78 is 5.35. The number of rotatable bonds is 5. The van der Waals surface area contributed by atoms with Crippen LogP contribution in [0.1, 0.15) is 18.5 Å². The Morgan fingerprint density at radius 1 is 1.30 bits per heavy atom. The van der Waals surface area contributed by atoms with Crippen molar-refractivity contribution in [2.45, 2.75) is 13.0 Å². The molecule has 110 valence electrons. The van der Waals surface area contributed by atoms with E-state index in [4.69, 9.17) is 17.0 Å². The van der Waals surface area contributed by atoms with Crippen molar-refractivity contribution in [3.8, 4) is 0 Å².